The van der Waals surface area contributed by atoms with Crippen molar-refractivity contribution < 1.29 is 14.3 Å². The predicted octanol–water partition coefficient (Wildman–Crippen LogP) is 5.85. The van der Waals surface area contributed by atoms with Crippen LogP contribution in [0.25, 0.3) is 0 Å². The van der Waals surface area contributed by atoms with Gasteiger partial charge in [0.15, 0.2) is 0 Å². The number of aromatic nitrogens is 2. The summed E-state index contributed by atoms with van der Waals surface area (Å²) in [5, 5.41) is 13.4. The minimum absolute atomic E-state index is 0.00681. The van der Waals surface area contributed by atoms with Crippen LogP contribution in [0.5, 0.6) is 0 Å². The Balaban J connectivity index is 0. The Labute approximate surface area is 269 Å². The number of nitrogens with zero attached hydrogens (tertiary/aromatic N) is 5. The Morgan fingerprint density at radius 3 is 2.11 bits per heavy atom. The van der Waals surface area contributed by atoms with Crippen molar-refractivity contribution in [1.29, 1.82) is 5.26 Å². The Morgan fingerprint density at radius 2 is 1.70 bits per heavy atom. The minimum Gasteiger partial charge on any atom is -0.468 e. The van der Waals surface area contributed by atoms with E-state index in [1.165, 1.54) is 11.8 Å². The van der Waals surface area contributed by atoms with Gasteiger partial charge < -0.3 is 30.9 Å². The molecule has 0 aliphatic carbocycles. The fourth-order valence-corrected chi connectivity index (χ4v) is 3.90. The van der Waals surface area contributed by atoms with Gasteiger partial charge in [-0.1, -0.05) is 34.6 Å². The first-order valence-corrected chi connectivity index (χ1v) is 16.5. The van der Waals surface area contributed by atoms with E-state index in [4.69, 9.17) is 11.0 Å². The topological polar surface area (TPSA) is 150 Å². The molecule has 0 spiro atoms. The minimum atomic E-state index is -0.235. The van der Waals surface area contributed by atoms with Crippen molar-refractivity contribution >= 4 is 47.2 Å². The highest BCUT2D eigenvalue weighted by Gasteiger charge is 2.14. The molecule has 0 saturated carbocycles. The molecule has 0 saturated heterocycles. The van der Waals surface area contributed by atoms with Crippen LogP contribution in [0, 0.1) is 11.3 Å². The van der Waals surface area contributed by atoms with Crippen LogP contribution in [0.2, 0.25) is 0 Å². The van der Waals surface area contributed by atoms with Crippen molar-refractivity contribution in [3.05, 3.63) is 48.9 Å². The summed E-state index contributed by atoms with van der Waals surface area (Å²) >= 11 is 1.49. The van der Waals surface area contributed by atoms with Gasteiger partial charge in [-0.3, -0.25) is 9.59 Å². The molecule has 2 aromatic heterocycles. The van der Waals surface area contributed by atoms with E-state index in [0.717, 1.165) is 49.9 Å². The molecule has 4 N–H and O–H groups in total. The number of anilines is 4. The summed E-state index contributed by atoms with van der Waals surface area (Å²) in [6.45, 7) is 19.2. The summed E-state index contributed by atoms with van der Waals surface area (Å²) in [6.07, 6.45) is 10.8. The number of thioether (sulfide) groups is 1. The van der Waals surface area contributed by atoms with Gasteiger partial charge >= 0.3 is 0 Å². The Kier molecular flexibility index (Phi) is 28.1. The highest BCUT2D eigenvalue weighted by Crippen LogP contribution is 2.23. The Bertz CT molecular complexity index is 1050. The molecule has 246 valence electrons. The monoisotopic (exact) mass is 630 g/mol. The van der Waals surface area contributed by atoms with E-state index in [1.54, 1.807) is 25.5 Å². The van der Waals surface area contributed by atoms with Gasteiger partial charge in [0, 0.05) is 26.1 Å². The van der Waals surface area contributed by atoms with Gasteiger partial charge in [0.2, 0.25) is 5.91 Å². The molecule has 0 bridgehead atoms. The molecule has 1 amide bonds. The molecule has 0 fully saturated rings. The van der Waals surface area contributed by atoms with Crippen LogP contribution in [-0.4, -0.2) is 78.1 Å². The number of likely N-dealkylation sites (N-methyl/N-ethyl adjacent to an activating group) is 1. The van der Waals surface area contributed by atoms with Gasteiger partial charge in [-0.05, 0) is 76.2 Å². The summed E-state index contributed by atoms with van der Waals surface area (Å²) in [6, 6.07) is 9.66. The second-order valence-electron chi connectivity index (χ2n) is 8.56. The van der Waals surface area contributed by atoms with E-state index < -0.39 is 0 Å². The lowest BCUT2D eigenvalue weighted by atomic mass is 10.3. The third-order valence-electron chi connectivity index (χ3n) is 5.48. The number of nitriles is 1. The maximum absolute atomic E-state index is 12.0. The summed E-state index contributed by atoms with van der Waals surface area (Å²) < 4.78 is 4.15. The Morgan fingerprint density at radius 1 is 1.07 bits per heavy atom. The number of pyridine rings is 2. The van der Waals surface area contributed by atoms with E-state index in [-0.39, 0.29) is 11.2 Å². The number of nitrogens with one attached hydrogen (secondary N) is 2. The van der Waals surface area contributed by atoms with Gasteiger partial charge in [0.1, 0.15) is 16.9 Å². The van der Waals surface area contributed by atoms with Crippen molar-refractivity contribution in [2.45, 2.75) is 66.6 Å². The SMILES string of the molecule is CC.CCC#N.CCCN(CC)CCN(c1ccc(N)cn1)c1ccc(NC=CC(SC)C(=O)NCC)cn1.CCOC=O. The van der Waals surface area contributed by atoms with Gasteiger partial charge in [0.05, 0.1) is 36.4 Å². The summed E-state index contributed by atoms with van der Waals surface area (Å²) in [7, 11) is 0. The molecule has 11 nitrogen and oxygen atoms in total. The van der Waals surface area contributed by atoms with E-state index in [0.29, 0.717) is 31.7 Å². The number of hydrogen-bond acceptors (Lipinski definition) is 11. The molecule has 2 aromatic rings. The second kappa shape index (κ2) is 29.3. The average Bonchev–Trinajstić information content (AvgIpc) is 3.05. The van der Waals surface area contributed by atoms with E-state index in [2.05, 4.69) is 49.0 Å². The zero-order valence-electron chi connectivity index (χ0n) is 27.9. The number of nitrogen functional groups attached to an aromatic ring is 1. The standard InChI is InChI=1S/C24H37N7OS.C3H5N.C3H6O2.C2H6/c1-5-14-30(7-3)15-16-31(22-10-8-19(25)17-28-22)23-11-9-20(18-29-23)27-13-12-21(33-4)24(32)26-6-2;1-2-3-4;1-2-5-3-4;1-2/h8-13,17-18,21,27H,5-7,14-16,25H2,1-4H3,(H,26,32);2H2,1H3;3H,2H2,1H3;1-2H3. The summed E-state index contributed by atoms with van der Waals surface area (Å²) in [5.41, 5.74) is 7.31. The third kappa shape index (κ3) is 19.4. The average molecular weight is 631 g/mol. The Hall–Kier alpha value is -3.82. The molecule has 12 heteroatoms. The number of carbonyl (C=O) groups is 2. The van der Waals surface area contributed by atoms with Gasteiger partial charge in [0.25, 0.3) is 6.47 Å². The van der Waals surface area contributed by atoms with Gasteiger partial charge in [-0.25, -0.2) is 9.97 Å². The number of ether oxygens (including phenoxy) is 1. The van der Waals surface area contributed by atoms with Crippen LogP contribution >= 0.6 is 11.8 Å². The first kappa shape index (κ1) is 42.3. The predicted molar refractivity (Wildman–Crippen MR) is 186 cm³/mol. The fraction of sp³-hybridized carbons (Fsp3) is 0.531. The maximum atomic E-state index is 12.0. The molecular formula is C32H54N8O3S. The molecule has 1 atom stereocenters. The van der Waals surface area contributed by atoms with Gasteiger partial charge in [-0.15, -0.1) is 11.8 Å². The zero-order chi connectivity index (χ0) is 33.6. The summed E-state index contributed by atoms with van der Waals surface area (Å²) in [4.78, 5) is 34.9. The lowest BCUT2D eigenvalue weighted by Gasteiger charge is -2.27. The molecule has 0 radical (unpaired) electrons. The van der Waals surface area contributed by atoms with Crippen molar-refractivity contribution in [1.82, 2.24) is 20.2 Å². The van der Waals surface area contributed by atoms with Crippen molar-refractivity contribution in [3.8, 4) is 6.07 Å². The molecule has 0 aromatic carbocycles. The molecule has 2 heterocycles. The van der Waals surface area contributed by atoms with E-state index in [9.17, 15) is 9.59 Å². The number of amides is 1. The smallest absolute Gasteiger partial charge is 0.293 e. The van der Waals surface area contributed by atoms with E-state index in [1.807, 2.05) is 70.4 Å². The molecule has 2 rings (SSSR count). The second-order valence-corrected chi connectivity index (χ2v) is 9.54. The fourth-order valence-electron chi connectivity index (χ4n) is 3.37. The normalized spacial score (nSPS) is 10.5. The largest absolute Gasteiger partial charge is 0.468 e. The lowest BCUT2D eigenvalue weighted by Crippen LogP contribution is -2.34. The van der Waals surface area contributed by atoms with Crippen LogP contribution in [0.1, 0.15) is 61.3 Å². The first-order valence-electron chi connectivity index (χ1n) is 15.2. The van der Waals surface area contributed by atoms with Crippen molar-refractivity contribution in [2.75, 3.05) is 61.5 Å². The highest BCUT2D eigenvalue weighted by molar-refractivity contribution is 8.00. The van der Waals surface area contributed by atoms with Gasteiger partial charge in [-0.2, -0.15) is 5.26 Å². The van der Waals surface area contributed by atoms with Crippen LogP contribution in [0.4, 0.5) is 23.0 Å². The maximum Gasteiger partial charge on any atom is 0.293 e. The van der Waals surface area contributed by atoms with Crippen molar-refractivity contribution in [3.63, 3.8) is 0 Å². The third-order valence-corrected chi connectivity index (χ3v) is 6.35. The summed E-state index contributed by atoms with van der Waals surface area (Å²) in [5.74, 6) is 1.64. The zero-order valence-corrected chi connectivity index (χ0v) is 28.7. The molecule has 1 unspecified atom stereocenters. The quantitative estimate of drug-likeness (QED) is 0.192. The number of carbonyl (C=O) groups excluding carboxylic acids is 2. The van der Waals surface area contributed by atoms with Crippen molar-refractivity contribution in [2.24, 2.45) is 0 Å². The first-order chi connectivity index (χ1) is 21.3. The van der Waals surface area contributed by atoms with Crippen LogP contribution < -0.4 is 21.3 Å². The van der Waals surface area contributed by atoms with Crippen LogP contribution in [0.15, 0.2) is 48.9 Å². The molecule has 0 aliphatic rings. The lowest BCUT2D eigenvalue weighted by molar-refractivity contribution is -0.128. The highest BCUT2D eigenvalue weighted by atomic mass is 32.2. The molecular weight excluding hydrogens is 576 g/mol. The molecule has 44 heavy (non-hydrogen) atoms. The molecule has 0 aliphatic heterocycles. The number of hydrogen-bond donors (Lipinski definition) is 3. The van der Waals surface area contributed by atoms with E-state index >= 15 is 0 Å². The van der Waals surface area contributed by atoms with Crippen LogP contribution in [0.3, 0.4) is 0 Å². The number of nitrogens with two attached hydrogens (primary N) is 1. The number of rotatable bonds is 16. The van der Waals surface area contributed by atoms with Crippen LogP contribution in [-0.2, 0) is 14.3 Å².